The molecule has 0 aromatic carbocycles. The summed E-state index contributed by atoms with van der Waals surface area (Å²) in [4.78, 5) is 4.86. The largest absolute Gasteiger partial charge is 0.466 e. The first-order valence-electron chi connectivity index (χ1n) is 8.16. The van der Waals surface area contributed by atoms with E-state index in [1.54, 1.807) is 0 Å². The fraction of sp³-hybridized carbons (Fsp3) is 0.750. The van der Waals surface area contributed by atoms with Gasteiger partial charge in [0, 0.05) is 31.2 Å². The lowest BCUT2D eigenvalue weighted by atomic mass is 10.0. The number of hydrogen-bond acceptors (Lipinski definition) is 5. The summed E-state index contributed by atoms with van der Waals surface area (Å²) >= 11 is 0. The highest BCUT2D eigenvalue weighted by molar-refractivity contribution is 7.91. The van der Waals surface area contributed by atoms with Gasteiger partial charge in [0.2, 0.25) is 0 Å². The molecular weight excluding hydrogens is 300 g/mol. The molecule has 5 nitrogen and oxygen atoms in total. The zero-order chi connectivity index (χ0) is 15.7. The number of furan rings is 1. The zero-order valence-electron chi connectivity index (χ0n) is 13.5. The first-order chi connectivity index (χ1) is 10.4. The molecule has 0 radical (unpaired) electrons. The number of likely N-dealkylation sites (tertiary alicyclic amines) is 1. The maximum absolute atomic E-state index is 11.5. The number of hydrogen-bond donors (Lipinski definition) is 0. The molecule has 0 aliphatic carbocycles. The lowest BCUT2D eigenvalue weighted by molar-refractivity contribution is 0.111. The Morgan fingerprint density at radius 2 is 1.77 bits per heavy atom. The summed E-state index contributed by atoms with van der Waals surface area (Å²) in [5.41, 5.74) is 1.29. The minimum Gasteiger partial charge on any atom is -0.466 e. The van der Waals surface area contributed by atoms with Crippen molar-refractivity contribution in [2.45, 2.75) is 39.3 Å². The van der Waals surface area contributed by atoms with E-state index in [4.69, 9.17) is 4.42 Å². The topological polar surface area (TPSA) is 53.8 Å². The molecule has 0 saturated carbocycles. The second kappa shape index (κ2) is 6.34. The number of piperidine rings is 1. The highest BCUT2D eigenvalue weighted by Crippen LogP contribution is 2.22. The van der Waals surface area contributed by atoms with Crippen molar-refractivity contribution in [3.63, 3.8) is 0 Å². The van der Waals surface area contributed by atoms with Crippen molar-refractivity contribution in [2.75, 3.05) is 37.7 Å². The van der Waals surface area contributed by atoms with Crippen molar-refractivity contribution in [1.29, 1.82) is 0 Å². The lowest BCUT2D eigenvalue weighted by Gasteiger charge is -2.40. The van der Waals surface area contributed by atoms with Gasteiger partial charge in [0.25, 0.3) is 0 Å². The van der Waals surface area contributed by atoms with E-state index >= 15 is 0 Å². The van der Waals surface area contributed by atoms with Crippen LogP contribution in [0, 0.1) is 13.8 Å². The molecule has 1 aromatic heterocycles. The molecule has 0 unspecified atom stereocenters. The SMILES string of the molecule is Cc1cc(CN2CCC(N3CCS(=O)(=O)CC3)CC2)c(C)o1. The zero-order valence-corrected chi connectivity index (χ0v) is 14.4. The van der Waals surface area contributed by atoms with Crippen LogP contribution < -0.4 is 0 Å². The second-order valence-electron chi connectivity index (χ2n) is 6.63. The highest BCUT2D eigenvalue weighted by atomic mass is 32.2. The van der Waals surface area contributed by atoms with Crippen LogP contribution in [-0.4, -0.2) is 61.9 Å². The third-order valence-electron chi connectivity index (χ3n) is 4.99. The van der Waals surface area contributed by atoms with Crippen LogP contribution >= 0.6 is 0 Å². The summed E-state index contributed by atoms with van der Waals surface area (Å²) in [6.07, 6.45) is 2.27. The molecule has 0 spiro atoms. The van der Waals surface area contributed by atoms with E-state index < -0.39 is 9.84 Å². The van der Waals surface area contributed by atoms with Crippen molar-refractivity contribution in [1.82, 2.24) is 9.80 Å². The Morgan fingerprint density at radius 1 is 1.14 bits per heavy atom. The Labute approximate surface area is 133 Å². The van der Waals surface area contributed by atoms with Gasteiger partial charge >= 0.3 is 0 Å². The van der Waals surface area contributed by atoms with E-state index in [9.17, 15) is 8.42 Å². The Kier molecular flexibility index (Phi) is 4.61. The van der Waals surface area contributed by atoms with Crippen molar-refractivity contribution >= 4 is 9.84 Å². The smallest absolute Gasteiger partial charge is 0.152 e. The molecule has 2 aliphatic rings. The number of rotatable bonds is 3. The number of sulfone groups is 1. The van der Waals surface area contributed by atoms with Crippen molar-refractivity contribution in [3.05, 3.63) is 23.2 Å². The predicted octanol–water partition coefficient (Wildman–Crippen LogP) is 1.59. The van der Waals surface area contributed by atoms with E-state index in [1.165, 1.54) is 5.56 Å². The van der Waals surface area contributed by atoms with Gasteiger partial charge in [0.05, 0.1) is 11.5 Å². The van der Waals surface area contributed by atoms with Crippen LogP contribution in [0.5, 0.6) is 0 Å². The van der Waals surface area contributed by atoms with Crippen LogP contribution in [0.3, 0.4) is 0 Å². The average Bonchev–Trinajstić information content (AvgIpc) is 2.78. The maximum atomic E-state index is 11.5. The Balaban J connectivity index is 1.49. The Bertz CT molecular complexity index is 601. The van der Waals surface area contributed by atoms with Crippen LogP contribution in [0.4, 0.5) is 0 Å². The standard InChI is InChI=1S/C16H26N2O3S/c1-13-11-15(14(2)21-13)12-17-5-3-16(4-6-17)18-7-9-22(19,20)10-8-18/h11,16H,3-10,12H2,1-2H3. The Hall–Kier alpha value is -0.850. The number of aryl methyl sites for hydroxylation is 2. The monoisotopic (exact) mass is 326 g/mol. The van der Waals surface area contributed by atoms with Gasteiger partial charge in [-0.2, -0.15) is 0 Å². The fourth-order valence-corrected chi connectivity index (χ4v) is 4.85. The molecule has 1 aromatic rings. The van der Waals surface area contributed by atoms with E-state index in [-0.39, 0.29) is 0 Å². The third-order valence-corrected chi connectivity index (χ3v) is 6.60. The van der Waals surface area contributed by atoms with Crippen LogP contribution in [0.25, 0.3) is 0 Å². The first kappa shape index (κ1) is 16.0. The van der Waals surface area contributed by atoms with Gasteiger partial charge in [-0.1, -0.05) is 0 Å². The van der Waals surface area contributed by atoms with Crippen LogP contribution in [0.1, 0.15) is 29.9 Å². The fourth-order valence-electron chi connectivity index (χ4n) is 3.62. The Morgan fingerprint density at radius 3 is 2.32 bits per heavy atom. The molecule has 2 fully saturated rings. The molecule has 22 heavy (non-hydrogen) atoms. The van der Waals surface area contributed by atoms with E-state index in [2.05, 4.69) is 15.9 Å². The maximum Gasteiger partial charge on any atom is 0.152 e. The van der Waals surface area contributed by atoms with Crippen molar-refractivity contribution in [3.8, 4) is 0 Å². The minimum atomic E-state index is -2.77. The summed E-state index contributed by atoms with van der Waals surface area (Å²) in [7, 11) is -2.77. The van der Waals surface area contributed by atoms with Crippen LogP contribution in [-0.2, 0) is 16.4 Å². The van der Waals surface area contributed by atoms with Gasteiger partial charge in [-0.15, -0.1) is 0 Å². The van der Waals surface area contributed by atoms with Gasteiger partial charge in [-0.05, 0) is 45.8 Å². The molecule has 0 amide bonds. The second-order valence-corrected chi connectivity index (χ2v) is 8.94. The van der Waals surface area contributed by atoms with Crippen molar-refractivity contribution in [2.24, 2.45) is 0 Å². The average molecular weight is 326 g/mol. The summed E-state index contributed by atoms with van der Waals surface area (Å²) in [5, 5.41) is 0. The quantitative estimate of drug-likeness (QED) is 0.844. The molecule has 0 bridgehead atoms. The number of nitrogens with zero attached hydrogens (tertiary/aromatic N) is 2. The molecule has 6 heteroatoms. The lowest BCUT2D eigenvalue weighted by Crippen LogP contribution is -2.50. The third kappa shape index (κ3) is 3.73. The van der Waals surface area contributed by atoms with Gasteiger partial charge < -0.3 is 4.42 Å². The molecule has 3 heterocycles. The van der Waals surface area contributed by atoms with E-state index in [0.717, 1.165) is 44.0 Å². The van der Waals surface area contributed by atoms with Gasteiger partial charge in [0.1, 0.15) is 11.5 Å². The van der Waals surface area contributed by atoms with Gasteiger partial charge in [-0.3, -0.25) is 9.80 Å². The summed E-state index contributed by atoms with van der Waals surface area (Å²) in [6, 6.07) is 2.69. The highest BCUT2D eigenvalue weighted by Gasteiger charge is 2.29. The summed E-state index contributed by atoms with van der Waals surface area (Å²) in [6.45, 7) is 8.58. The normalized spacial score (nSPS) is 24.6. The molecule has 124 valence electrons. The van der Waals surface area contributed by atoms with Crippen LogP contribution in [0.2, 0.25) is 0 Å². The van der Waals surface area contributed by atoms with E-state index in [0.29, 0.717) is 30.6 Å². The molecule has 0 N–H and O–H groups in total. The van der Waals surface area contributed by atoms with E-state index in [1.807, 2.05) is 13.8 Å². The first-order valence-corrected chi connectivity index (χ1v) is 9.98. The molecule has 0 atom stereocenters. The van der Waals surface area contributed by atoms with Crippen LogP contribution in [0.15, 0.2) is 10.5 Å². The minimum absolute atomic E-state index is 0.334. The molecule has 2 aliphatic heterocycles. The predicted molar refractivity (Wildman–Crippen MR) is 86.7 cm³/mol. The summed E-state index contributed by atoms with van der Waals surface area (Å²) < 4.78 is 28.6. The molecular formula is C16H26N2O3S. The molecule has 2 saturated heterocycles. The molecule has 3 rings (SSSR count). The van der Waals surface area contributed by atoms with Crippen molar-refractivity contribution < 1.29 is 12.8 Å². The summed E-state index contributed by atoms with van der Waals surface area (Å²) in [5.74, 6) is 2.68. The van der Waals surface area contributed by atoms with Gasteiger partial charge in [-0.25, -0.2) is 8.42 Å². The van der Waals surface area contributed by atoms with Gasteiger partial charge in [0.15, 0.2) is 9.84 Å².